The summed E-state index contributed by atoms with van der Waals surface area (Å²) in [6.45, 7) is 0. The van der Waals surface area contributed by atoms with E-state index in [1.807, 2.05) is 48.7 Å². The molecule has 0 N–H and O–H groups in total. The molecule has 6 aromatic rings. The third kappa shape index (κ3) is 3.49. The molecule has 4 aromatic carbocycles. The number of pyridine rings is 1. The van der Waals surface area contributed by atoms with Gasteiger partial charge in [0, 0.05) is 11.9 Å². The monoisotopic (exact) mass is 590 g/mol. The summed E-state index contributed by atoms with van der Waals surface area (Å²) in [5.74, 6) is 0. The maximum atomic E-state index is 5.11. The Hall–Kier alpha value is -3.43. The first-order valence-electron chi connectivity index (χ1n) is 10.3. The topological polar surface area (TPSA) is 27.0 Å². The maximum absolute atomic E-state index is 5.11. The molecule has 0 aliphatic carbocycles. The molecular formula is C29H17AuN2. The predicted molar refractivity (Wildman–Crippen MR) is 127 cm³/mol. The van der Waals surface area contributed by atoms with Crippen molar-refractivity contribution in [2.45, 2.75) is 0 Å². The fourth-order valence-corrected chi connectivity index (χ4v) is 4.17. The Bertz CT molecular complexity index is 1520. The Morgan fingerprint density at radius 2 is 1.25 bits per heavy atom. The van der Waals surface area contributed by atoms with Crippen molar-refractivity contribution in [2.24, 2.45) is 0 Å². The van der Waals surface area contributed by atoms with Crippen molar-refractivity contribution in [3.63, 3.8) is 0 Å². The van der Waals surface area contributed by atoms with Gasteiger partial charge in [0.15, 0.2) is 0 Å². The summed E-state index contributed by atoms with van der Waals surface area (Å²) in [6.07, 6.45) is 1.81. The Morgan fingerprint density at radius 1 is 0.594 bits per heavy atom. The summed E-state index contributed by atoms with van der Waals surface area (Å²) in [4.78, 5) is 9.59. The van der Waals surface area contributed by atoms with Crippen molar-refractivity contribution in [3.05, 3.63) is 115 Å². The fraction of sp³-hybridized carbons (Fsp3) is 0. The summed E-state index contributed by atoms with van der Waals surface area (Å²) in [5, 5.41) is 2.31. The molecular weight excluding hydrogens is 573 g/mol. The molecule has 0 aliphatic heterocycles. The predicted octanol–water partition coefficient (Wildman–Crippen LogP) is 6.94. The maximum Gasteiger partial charge on any atom is 3.00 e. The van der Waals surface area contributed by atoms with Crippen molar-refractivity contribution in [1.29, 1.82) is 0 Å². The molecule has 2 heterocycles. The summed E-state index contributed by atoms with van der Waals surface area (Å²) < 4.78 is 0. The molecule has 0 spiro atoms. The minimum absolute atomic E-state index is 0. The van der Waals surface area contributed by atoms with Crippen LogP contribution in [0.4, 0.5) is 0 Å². The third-order valence-corrected chi connectivity index (χ3v) is 5.61. The van der Waals surface area contributed by atoms with Gasteiger partial charge in [-0.1, -0.05) is 59.7 Å². The van der Waals surface area contributed by atoms with E-state index in [1.54, 1.807) is 0 Å². The Labute approximate surface area is 202 Å². The molecule has 0 saturated carbocycles. The van der Waals surface area contributed by atoms with Crippen LogP contribution in [0.25, 0.3) is 55.3 Å². The molecule has 6 rings (SSSR count). The van der Waals surface area contributed by atoms with E-state index in [0.717, 1.165) is 55.3 Å². The van der Waals surface area contributed by atoms with Gasteiger partial charge < -0.3 is 4.98 Å². The average molecular weight is 590 g/mol. The second-order valence-electron chi connectivity index (χ2n) is 7.48. The van der Waals surface area contributed by atoms with Crippen LogP contribution in [0.3, 0.4) is 0 Å². The molecule has 0 amide bonds. The van der Waals surface area contributed by atoms with Crippen LogP contribution < -0.4 is 4.98 Å². The van der Waals surface area contributed by atoms with Gasteiger partial charge in [0.1, 0.15) is 0 Å². The summed E-state index contributed by atoms with van der Waals surface area (Å²) in [6, 6.07) is 39.8. The van der Waals surface area contributed by atoms with Gasteiger partial charge >= 0.3 is 22.4 Å². The van der Waals surface area contributed by atoms with Crippen molar-refractivity contribution in [2.75, 3.05) is 0 Å². The van der Waals surface area contributed by atoms with E-state index in [9.17, 15) is 0 Å². The molecule has 0 fully saturated rings. The standard InChI is InChI=1S/C29H17N2.Au/c1-2-9-20(10-3-1)23-13-7-15-25-26-16-8-14-24(29(26)31-28(23)25)21-11-6-12-22(19-21)27-17-4-5-18-30-27;/h1-9,11-18H;/q-3;+3. The molecule has 0 aliphatic rings. The molecule has 0 bridgehead atoms. The number of para-hydroxylation sites is 2. The molecule has 2 nitrogen and oxygen atoms in total. The summed E-state index contributed by atoms with van der Waals surface area (Å²) in [7, 11) is 0. The van der Waals surface area contributed by atoms with Crippen molar-refractivity contribution in [1.82, 2.24) is 9.97 Å². The largest absolute Gasteiger partial charge is 3.00 e. The van der Waals surface area contributed by atoms with Gasteiger partial charge in [-0.15, -0.1) is 71.3 Å². The van der Waals surface area contributed by atoms with Crippen LogP contribution in [0.2, 0.25) is 0 Å². The molecule has 3 heteroatoms. The second-order valence-corrected chi connectivity index (χ2v) is 7.48. The van der Waals surface area contributed by atoms with E-state index < -0.39 is 0 Å². The summed E-state index contributed by atoms with van der Waals surface area (Å²) in [5.41, 5.74) is 8.15. The number of rotatable bonds is 3. The number of hydrogen-bond donors (Lipinski definition) is 0. The number of fused-ring (bicyclic) bond motifs is 3. The Balaban J connectivity index is 0.00000216. The van der Waals surface area contributed by atoms with Gasteiger partial charge in [-0.05, 0) is 16.8 Å². The average Bonchev–Trinajstić information content (AvgIpc) is 3.24. The van der Waals surface area contributed by atoms with E-state index in [4.69, 9.17) is 4.98 Å². The van der Waals surface area contributed by atoms with Crippen molar-refractivity contribution >= 4 is 21.8 Å². The van der Waals surface area contributed by atoms with Gasteiger partial charge in [0.25, 0.3) is 0 Å². The van der Waals surface area contributed by atoms with Crippen LogP contribution in [-0.4, -0.2) is 4.98 Å². The SMILES string of the molecule is [Au+3].[c-]1ccccc1-c1cccc2c1[n-]c1c(-c3[c-]c(-c4ccccn4)ccc3)cccc12. The first kappa shape index (κ1) is 20.5. The summed E-state index contributed by atoms with van der Waals surface area (Å²) >= 11 is 0. The molecule has 0 saturated heterocycles. The third-order valence-electron chi connectivity index (χ3n) is 5.61. The van der Waals surface area contributed by atoms with Crippen LogP contribution >= 0.6 is 0 Å². The first-order chi connectivity index (χ1) is 15.4. The fourth-order valence-electron chi connectivity index (χ4n) is 4.17. The second kappa shape index (κ2) is 8.60. The molecule has 0 unspecified atom stereocenters. The quantitative estimate of drug-likeness (QED) is 0.165. The van der Waals surface area contributed by atoms with E-state index in [1.165, 1.54) is 0 Å². The molecule has 0 atom stereocenters. The number of nitrogens with zero attached hydrogens (tertiary/aromatic N) is 2. The molecule has 0 radical (unpaired) electrons. The van der Waals surface area contributed by atoms with Crippen LogP contribution in [0.5, 0.6) is 0 Å². The van der Waals surface area contributed by atoms with Crippen LogP contribution in [-0.2, 0) is 22.4 Å². The Kier molecular flexibility index (Phi) is 5.50. The van der Waals surface area contributed by atoms with Crippen molar-refractivity contribution < 1.29 is 22.4 Å². The molecule has 2 aromatic heterocycles. The van der Waals surface area contributed by atoms with Crippen LogP contribution in [0.15, 0.2) is 103 Å². The van der Waals surface area contributed by atoms with Crippen LogP contribution in [0.1, 0.15) is 0 Å². The van der Waals surface area contributed by atoms with E-state index >= 15 is 0 Å². The minimum Gasteiger partial charge on any atom is -0.670 e. The normalized spacial score (nSPS) is 10.9. The van der Waals surface area contributed by atoms with Gasteiger partial charge in [0.05, 0.1) is 0 Å². The van der Waals surface area contributed by atoms with Gasteiger partial charge in [0.2, 0.25) is 0 Å². The minimum atomic E-state index is 0. The molecule has 32 heavy (non-hydrogen) atoms. The van der Waals surface area contributed by atoms with Crippen LogP contribution in [0, 0.1) is 12.1 Å². The number of benzene rings is 4. The van der Waals surface area contributed by atoms with Gasteiger partial charge in [-0.25, -0.2) is 0 Å². The zero-order chi connectivity index (χ0) is 20.6. The smallest absolute Gasteiger partial charge is 0.670 e. The zero-order valence-electron chi connectivity index (χ0n) is 17.0. The van der Waals surface area contributed by atoms with Gasteiger partial charge in [-0.2, -0.15) is 11.0 Å². The Morgan fingerprint density at radius 3 is 1.94 bits per heavy atom. The van der Waals surface area contributed by atoms with Gasteiger partial charge in [-0.3, -0.25) is 4.98 Å². The molecule has 154 valence electrons. The van der Waals surface area contributed by atoms with E-state index in [0.29, 0.717) is 0 Å². The van der Waals surface area contributed by atoms with Crippen molar-refractivity contribution in [3.8, 4) is 33.5 Å². The zero-order valence-corrected chi connectivity index (χ0v) is 19.2. The number of hydrogen-bond acceptors (Lipinski definition) is 1. The van der Waals surface area contributed by atoms with E-state index in [-0.39, 0.29) is 22.4 Å². The first-order valence-corrected chi connectivity index (χ1v) is 10.3. The van der Waals surface area contributed by atoms with E-state index in [2.05, 4.69) is 71.7 Å². The number of aromatic nitrogens is 2.